The van der Waals surface area contributed by atoms with Crippen LogP contribution in [0, 0.1) is 5.92 Å². The van der Waals surface area contributed by atoms with Crippen molar-refractivity contribution in [3.8, 4) is 0 Å². The Morgan fingerprint density at radius 3 is 2.80 bits per heavy atom. The molecule has 2 aliphatic rings. The third kappa shape index (κ3) is 2.52. The highest BCUT2D eigenvalue weighted by Crippen LogP contribution is 2.37. The van der Waals surface area contributed by atoms with Gasteiger partial charge in [-0.05, 0) is 43.9 Å². The second kappa shape index (κ2) is 4.77. The molecule has 0 aromatic heterocycles. The van der Waals surface area contributed by atoms with Crippen LogP contribution in [0.2, 0.25) is 0 Å². The van der Waals surface area contributed by atoms with E-state index in [9.17, 15) is 13.2 Å². The number of anilines is 2. The maximum absolute atomic E-state index is 12.2. The summed E-state index contributed by atoms with van der Waals surface area (Å²) in [5.74, 6) is 0.394. The summed E-state index contributed by atoms with van der Waals surface area (Å²) in [6.07, 6.45) is 2.80. The van der Waals surface area contributed by atoms with Gasteiger partial charge in [-0.3, -0.25) is 9.52 Å². The van der Waals surface area contributed by atoms with E-state index in [-0.39, 0.29) is 17.6 Å². The number of fused-ring (bicyclic) bond motifs is 1. The van der Waals surface area contributed by atoms with E-state index in [1.165, 1.54) is 0 Å². The van der Waals surface area contributed by atoms with E-state index in [1.54, 1.807) is 24.0 Å². The smallest absolute Gasteiger partial charge is 0.232 e. The summed E-state index contributed by atoms with van der Waals surface area (Å²) >= 11 is 0. The minimum atomic E-state index is -3.29. The Kier molecular flexibility index (Phi) is 3.20. The van der Waals surface area contributed by atoms with Gasteiger partial charge in [-0.1, -0.05) is 6.07 Å². The second-order valence-corrected chi connectivity index (χ2v) is 7.37. The van der Waals surface area contributed by atoms with Crippen LogP contribution < -0.4 is 9.62 Å². The summed E-state index contributed by atoms with van der Waals surface area (Å²) in [5.41, 5.74) is 2.50. The summed E-state index contributed by atoms with van der Waals surface area (Å²) in [6, 6.07) is 5.44. The van der Waals surface area contributed by atoms with Crippen molar-refractivity contribution in [2.75, 3.05) is 21.9 Å². The molecule has 0 bridgehead atoms. The first-order valence-corrected chi connectivity index (χ1v) is 8.60. The largest absolute Gasteiger partial charge is 0.312 e. The van der Waals surface area contributed by atoms with Crippen LogP contribution in [0.25, 0.3) is 0 Å². The molecule has 108 valence electrons. The number of carbonyl (C=O) groups excluding carboxylic acids is 1. The van der Waals surface area contributed by atoms with Crippen LogP contribution in [0.5, 0.6) is 0 Å². The number of benzene rings is 1. The Labute approximate surface area is 119 Å². The first-order chi connectivity index (χ1) is 9.50. The van der Waals surface area contributed by atoms with E-state index in [0.717, 1.165) is 30.5 Å². The van der Waals surface area contributed by atoms with Crippen LogP contribution in [0.4, 0.5) is 11.4 Å². The van der Waals surface area contributed by atoms with Gasteiger partial charge in [-0.25, -0.2) is 8.42 Å². The molecule has 1 fully saturated rings. The Morgan fingerprint density at radius 2 is 2.15 bits per heavy atom. The number of hydrogen-bond acceptors (Lipinski definition) is 3. The van der Waals surface area contributed by atoms with Crippen LogP contribution in [0.15, 0.2) is 18.2 Å². The van der Waals surface area contributed by atoms with Gasteiger partial charge in [-0.15, -0.1) is 0 Å². The molecular weight excluding hydrogens is 276 g/mol. The Bertz CT molecular complexity index is 650. The molecule has 1 heterocycles. The molecule has 0 unspecified atom stereocenters. The first-order valence-electron chi connectivity index (χ1n) is 6.95. The normalized spacial score (nSPS) is 17.9. The van der Waals surface area contributed by atoms with Gasteiger partial charge in [0.05, 0.1) is 11.4 Å². The maximum atomic E-state index is 12.2. The molecule has 1 amide bonds. The van der Waals surface area contributed by atoms with Crippen molar-refractivity contribution in [3.05, 3.63) is 23.8 Å². The van der Waals surface area contributed by atoms with E-state index >= 15 is 0 Å². The monoisotopic (exact) mass is 294 g/mol. The fourth-order valence-corrected chi connectivity index (χ4v) is 3.10. The fraction of sp³-hybridized carbons (Fsp3) is 0.500. The van der Waals surface area contributed by atoms with Crippen molar-refractivity contribution in [2.45, 2.75) is 26.2 Å². The summed E-state index contributed by atoms with van der Waals surface area (Å²) in [6.45, 7) is 2.30. The summed E-state index contributed by atoms with van der Waals surface area (Å²) in [5, 5.41) is 0. The summed E-state index contributed by atoms with van der Waals surface area (Å²) in [7, 11) is -3.29. The number of sulfonamides is 1. The lowest BCUT2D eigenvalue weighted by Crippen LogP contribution is -2.30. The minimum absolute atomic E-state index is 0.0365. The molecule has 20 heavy (non-hydrogen) atoms. The highest BCUT2D eigenvalue weighted by atomic mass is 32.2. The van der Waals surface area contributed by atoms with Crippen molar-refractivity contribution in [2.24, 2.45) is 5.92 Å². The third-order valence-electron chi connectivity index (χ3n) is 3.83. The fourth-order valence-electron chi connectivity index (χ4n) is 2.47. The highest BCUT2D eigenvalue weighted by molar-refractivity contribution is 7.92. The molecule has 1 saturated carbocycles. The molecule has 0 saturated heterocycles. The lowest BCUT2D eigenvalue weighted by molar-refractivity contribution is -0.119. The second-order valence-electron chi connectivity index (χ2n) is 5.36. The molecule has 1 aromatic rings. The zero-order valence-corrected chi connectivity index (χ0v) is 12.2. The zero-order valence-electron chi connectivity index (χ0n) is 11.4. The van der Waals surface area contributed by atoms with E-state index in [1.807, 2.05) is 6.07 Å². The van der Waals surface area contributed by atoms with E-state index in [2.05, 4.69) is 4.72 Å². The standard InChI is InChI=1S/C14H18N2O3S/c1-2-20(18,19)15-12-6-5-10-7-8-16(13(10)9-12)14(17)11-3-4-11/h5-6,9,11,15H,2-4,7-8H2,1H3. The Balaban J connectivity index is 1.87. The summed E-state index contributed by atoms with van der Waals surface area (Å²) < 4.78 is 25.8. The van der Waals surface area contributed by atoms with Crippen LogP contribution in [-0.2, 0) is 21.2 Å². The topological polar surface area (TPSA) is 66.5 Å². The summed E-state index contributed by atoms with van der Waals surface area (Å²) in [4.78, 5) is 14.0. The van der Waals surface area contributed by atoms with Crippen LogP contribution in [0.3, 0.4) is 0 Å². The minimum Gasteiger partial charge on any atom is -0.312 e. The Hall–Kier alpha value is -1.56. The molecule has 0 atom stereocenters. The Morgan fingerprint density at radius 1 is 1.40 bits per heavy atom. The van der Waals surface area contributed by atoms with Crippen molar-refractivity contribution >= 4 is 27.3 Å². The molecule has 1 N–H and O–H groups in total. The molecule has 6 heteroatoms. The maximum Gasteiger partial charge on any atom is 0.232 e. The van der Waals surface area contributed by atoms with Gasteiger partial charge in [0.1, 0.15) is 0 Å². The number of nitrogens with zero attached hydrogens (tertiary/aromatic N) is 1. The molecule has 1 aromatic carbocycles. The van der Waals surface area contributed by atoms with E-state index < -0.39 is 10.0 Å². The van der Waals surface area contributed by atoms with Crippen molar-refractivity contribution in [3.63, 3.8) is 0 Å². The number of hydrogen-bond donors (Lipinski definition) is 1. The highest BCUT2D eigenvalue weighted by Gasteiger charge is 2.36. The predicted molar refractivity (Wildman–Crippen MR) is 78.3 cm³/mol. The third-order valence-corrected chi connectivity index (χ3v) is 5.13. The van der Waals surface area contributed by atoms with Crippen molar-refractivity contribution in [1.29, 1.82) is 0 Å². The number of nitrogens with one attached hydrogen (secondary N) is 1. The lowest BCUT2D eigenvalue weighted by Gasteiger charge is -2.18. The molecular formula is C14H18N2O3S. The van der Waals surface area contributed by atoms with Crippen LogP contribution >= 0.6 is 0 Å². The zero-order chi connectivity index (χ0) is 14.3. The molecule has 5 nitrogen and oxygen atoms in total. The van der Waals surface area contributed by atoms with Gasteiger partial charge in [0.15, 0.2) is 0 Å². The van der Waals surface area contributed by atoms with Gasteiger partial charge in [0.2, 0.25) is 15.9 Å². The molecule has 0 radical (unpaired) electrons. The predicted octanol–water partition coefficient (Wildman–Crippen LogP) is 1.75. The van der Waals surface area contributed by atoms with Gasteiger partial charge >= 0.3 is 0 Å². The van der Waals surface area contributed by atoms with Crippen LogP contribution in [0.1, 0.15) is 25.3 Å². The molecule has 3 rings (SSSR count). The number of carbonyl (C=O) groups is 1. The quantitative estimate of drug-likeness (QED) is 0.920. The van der Waals surface area contributed by atoms with Crippen LogP contribution in [-0.4, -0.2) is 26.6 Å². The number of rotatable bonds is 4. The van der Waals surface area contributed by atoms with Gasteiger partial charge < -0.3 is 4.90 Å². The van der Waals surface area contributed by atoms with Gasteiger partial charge in [0, 0.05) is 18.2 Å². The molecule has 1 aliphatic heterocycles. The van der Waals surface area contributed by atoms with Crippen molar-refractivity contribution in [1.82, 2.24) is 0 Å². The van der Waals surface area contributed by atoms with E-state index in [0.29, 0.717) is 12.2 Å². The molecule has 0 spiro atoms. The first kappa shape index (κ1) is 13.4. The van der Waals surface area contributed by atoms with Gasteiger partial charge in [-0.2, -0.15) is 0 Å². The van der Waals surface area contributed by atoms with Gasteiger partial charge in [0.25, 0.3) is 0 Å². The average Bonchev–Trinajstić information content (AvgIpc) is 3.18. The average molecular weight is 294 g/mol. The van der Waals surface area contributed by atoms with Crippen molar-refractivity contribution < 1.29 is 13.2 Å². The SMILES string of the molecule is CCS(=O)(=O)Nc1ccc2c(c1)N(C(=O)C1CC1)CC2. The van der Waals surface area contributed by atoms with E-state index in [4.69, 9.17) is 0 Å². The lowest BCUT2D eigenvalue weighted by atomic mass is 10.1. The number of amides is 1. The molecule has 1 aliphatic carbocycles.